The van der Waals surface area contributed by atoms with Crippen LogP contribution in [0.15, 0.2) is 70.1 Å². The Labute approximate surface area is 196 Å². The predicted molar refractivity (Wildman–Crippen MR) is 129 cm³/mol. The summed E-state index contributed by atoms with van der Waals surface area (Å²) in [6.45, 7) is 5.35. The summed E-state index contributed by atoms with van der Waals surface area (Å²) in [5, 5.41) is 2.95. The van der Waals surface area contributed by atoms with Crippen LogP contribution >= 0.6 is 0 Å². The van der Waals surface area contributed by atoms with Crippen molar-refractivity contribution in [1.82, 2.24) is 14.5 Å². The molecule has 0 saturated carbocycles. The molecule has 0 aliphatic carbocycles. The first-order valence-corrected chi connectivity index (χ1v) is 10.9. The van der Waals surface area contributed by atoms with Crippen molar-refractivity contribution >= 4 is 28.6 Å². The Kier molecular flexibility index (Phi) is 6.32. The van der Waals surface area contributed by atoms with Crippen molar-refractivity contribution in [3.8, 4) is 0 Å². The molecule has 2 heterocycles. The van der Waals surface area contributed by atoms with Crippen molar-refractivity contribution < 1.29 is 14.0 Å². The SMILES string of the molecule is CC(=O)Nc1cccc(C(C)N(Cc2ccccc2)C(=O)c2c(C)oc3ncn(C)c(=O)c23)c1. The van der Waals surface area contributed by atoms with E-state index in [1.807, 2.05) is 55.5 Å². The number of benzene rings is 2. The number of hydrogen-bond acceptors (Lipinski definition) is 5. The van der Waals surface area contributed by atoms with Gasteiger partial charge in [0.2, 0.25) is 11.6 Å². The first kappa shape index (κ1) is 23.0. The molecule has 2 amide bonds. The summed E-state index contributed by atoms with van der Waals surface area (Å²) in [6, 6.07) is 16.6. The third-order valence-corrected chi connectivity index (χ3v) is 5.78. The number of hydrogen-bond donors (Lipinski definition) is 1. The molecule has 0 spiro atoms. The van der Waals surface area contributed by atoms with Gasteiger partial charge in [-0.2, -0.15) is 0 Å². The fraction of sp³-hybridized carbons (Fsp3) is 0.231. The largest absolute Gasteiger partial charge is 0.442 e. The zero-order chi connectivity index (χ0) is 24.4. The molecular weight excluding hydrogens is 432 g/mol. The van der Waals surface area contributed by atoms with E-state index in [1.165, 1.54) is 17.8 Å². The molecule has 0 radical (unpaired) electrons. The number of carbonyl (C=O) groups excluding carboxylic acids is 2. The molecule has 1 N–H and O–H groups in total. The van der Waals surface area contributed by atoms with Crippen LogP contribution in [0.4, 0.5) is 5.69 Å². The van der Waals surface area contributed by atoms with E-state index in [9.17, 15) is 14.4 Å². The van der Waals surface area contributed by atoms with Gasteiger partial charge in [0.15, 0.2) is 0 Å². The van der Waals surface area contributed by atoms with Crippen LogP contribution in [0.5, 0.6) is 0 Å². The maximum absolute atomic E-state index is 14.0. The van der Waals surface area contributed by atoms with Crippen molar-refractivity contribution in [2.45, 2.75) is 33.4 Å². The number of aromatic nitrogens is 2. The lowest BCUT2D eigenvalue weighted by atomic mass is 10.0. The second kappa shape index (κ2) is 9.35. The van der Waals surface area contributed by atoms with Gasteiger partial charge in [-0.1, -0.05) is 42.5 Å². The number of furan rings is 1. The van der Waals surface area contributed by atoms with Gasteiger partial charge in [-0.25, -0.2) is 4.98 Å². The molecule has 34 heavy (non-hydrogen) atoms. The Hall–Kier alpha value is -4.20. The molecule has 4 aromatic rings. The van der Waals surface area contributed by atoms with Crippen molar-refractivity contribution in [3.63, 3.8) is 0 Å². The van der Waals surface area contributed by atoms with E-state index in [-0.39, 0.29) is 40.1 Å². The molecule has 8 heteroatoms. The number of rotatable bonds is 6. The van der Waals surface area contributed by atoms with Crippen LogP contribution in [0.2, 0.25) is 0 Å². The van der Waals surface area contributed by atoms with Gasteiger partial charge in [-0.05, 0) is 37.1 Å². The van der Waals surface area contributed by atoms with Crippen LogP contribution in [0.1, 0.15) is 47.1 Å². The summed E-state index contributed by atoms with van der Waals surface area (Å²) in [5.41, 5.74) is 2.44. The van der Waals surface area contributed by atoms with E-state index in [2.05, 4.69) is 10.3 Å². The van der Waals surface area contributed by atoms with Crippen molar-refractivity contribution in [1.29, 1.82) is 0 Å². The monoisotopic (exact) mass is 458 g/mol. The van der Waals surface area contributed by atoms with E-state index < -0.39 is 0 Å². The second-order valence-electron chi connectivity index (χ2n) is 8.28. The zero-order valence-electron chi connectivity index (χ0n) is 19.5. The molecule has 8 nitrogen and oxygen atoms in total. The lowest BCUT2D eigenvalue weighted by Gasteiger charge is -2.30. The average Bonchev–Trinajstić information content (AvgIpc) is 3.16. The molecule has 1 atom stereocenters. The Morgan fingerprint density at radius 2 is 1.88 bits per heavy atom. The van der Waals surface area contributed by atoms with E-state index in [0.29, 0.717) is 18.0 Å². The van der Waals surface area contributed by atoms with Gasteiger partial charge in [-0.15, -0.1) is 0 Å². The minimum atomic E-state index is -0.369. The Morgan fingerprint density at radius 3 is 2.59 bits per heavy atom. The van der Waals surface area contributed by atoms with E-state index >= 15 is 0 Å². The first-order valence-electron chi connectivity index (χ1n) is 10.9. The minimum absolute atomic E-state index is 0.143. The van der Waals surface area contributed by atoms with E-state index in [1.54, 1.807) is 24.9 Å². The van der Waals surface area contributed by atoms with Crippen LogP contribution in [0.25, 0.3) is 11.1 Å². The van der Waals surface area contributed by atoms with Crippen molar-refractivity contribution in [3.05, 3.63) is 93.7 Å². The molecule has 0 saturated heterocycles. The molecular formula is C26H26N4O4. The van der Waals surface area contributed by atoms with Gasteiger partial charge in [0.25, 0.3) is 11.5 Å². The topological polar surface area (TPSA) is 97.4 Å². The highest BCUT2D eigenvalue weighted by atomic mass is 16.3. The van der Waals surface area contributed by atoms with Crippen LogP contribution in [0, 0.1) is 6.92 Å². The quantitative estimate of drug-likeness (QED) is 0.467. The fourth-order valence-corrected chi connectivity index (χ4v) is 4.01. The smallest absolute Gasteiger partial charge is 0.265 e. The van der Waals surface area contributed by atoms with Gasteiger partial charge in [0.05, 0.1) is 11.6 Å². The summed E-state index contributed by atoms with van der Waals surface area (Å²) in [4.78, 5) is 44.3. The van der Waals surface area contributed by atoms with Crippen molar-refractivity contribution in [2.75, 3.05) is 5.32 Å². The number of nitrogens with zero attached hydrogens (tertiary/aromatic N) is 3. The van der Waals surface area contributed by atoms with E-state index in [4.69, 9.17) is 4.42 Å². The normalized spacial score (nSPS) is 11.9. The van der Waals surface area contributed by atoms with Gasteiger partial charge in [-0.3, -0.25) is 14.4 Å². The molecule has 174 valence electrons. The molecule has 0 bridgehead atoms. The molecule has 2 aromatic heterocycles. The van der Waals surface area contributed by atoms with E-state index in [0.717, 1.165) is 11.1 Å². The summed E-state index contributed by atoms with van der Waals surface area (Å²) in [5.74, 6) is -0.165. The maximum Gasteiger partial charge on any atom is 0.265 e. The summed E-state index contributed by atoms with van der Waals surface area (Å²) in [6.07, 6.45) is 1.37. The fourth-order valence-electron chi connectivity index (χ4n) is 4.01. The average molecular weight is 459 g/mol. The second-order valence-corrected chi connectivity index (χ2v) is 8.28. The number of fused-ring (bicyclic) bond motifs is 1. The number of nitrogens with one attached hydrogen (secondary N) is 1. The number of anilines is 1. The lowest BCUT2D eigenvalue weighted by Crippen LogP contribution is -2.34. The van der Waals surface area contributed by atoms with Crippen LogP contribution in [0.3, 0.4) is 0 Å². The van der Waals surface area contributed by atoms with Crippen molar-refractivity contribution in [2.24, 2.45) is 7.05 Å². The molecule has 4 rings (SSSR count). The van der Waals surface area contributed by atoms with Gasteiger partial charge >= 0.3 is 0 Å². The molecule has 0 aliphatic rings. The molecule has 2 aromatic carbocycles. The first-order chi connectivity index (χ1) is 16.3. The third-order valence-electron chi connectivity index (χ3n) is 5.78. The number of aryl methyl sites for hydroxylation is 2. The Morgan fingerprint density at radius 1 is 1.15 bits per heavy atom. The summed E-state index contributed by atoms with van der Waals surface area (Å²) >= 11 is 0. The van der Waals surface area contributed by atoms with Crippen LogP contribution in [-0.2, 0) is 18.4 Å². The number of carbonyl (C=O) groups is 2. The van der Waals surface area contributed by atoms with Crippen LogP contribution < -0.4 is 10.9 Å². The Bertz CT molecular complexity index is 1420. The number of amides is 2. The van der Waals surface area contributed by atoms with Gasteiger partial charge in [0, 0.05) is 26.2 Å². The molecule has 0 aliphatic heterocycles. The maximum atomic E-state index is 14.0. The Balaban J connectivity index is 1.81. The molecule has 0 fully saturated rings. The highest BCUT2D eigenvalue weighted by Gasteiger charge is 2.30. The highest BCUT2D eigenvalue weighted by molar-refractivity contribution is 6.06. The minimum Gasteiger partial charge on any atom is -0.442 e. The third kappa shape index (κ3) is 4.47. The highest BCUT2D eigenvalue weighted by Crippen LogP contribution is 2.30. The van der Waals surface area contributed by atoms with Crippen LogP contribution in [-0.4, -0.2) is 26.3 Å². The van der Waals surface area contributed by atoms with Gasteiger partial charge < -0.3 is 19.2 Å². The summed E-state index contributed by atoms with van der Waals surface area (Å²) < 4.78 is 7.01. The van der Waals surface area contributed by atoms with Gasteiger partial charge in [0.1, 0.15) is 17.5 Å². The predicted octanol–water partition coefficient (Wildman–Crippen LogP) is 4.20. The lowest BCUT2D eigenvalue weighted by molar-refractivity contribution is -0.114. The standard InChI is InChI=1S/C26H26N4O4/c1-16(20-11-8-12-21(13-20)28-18(3)31)30(14-19-9-6-5-7-10-19)26(33)22-17(2)34-24-23(22)25(32)29(4)15-27-24/h5-13,15-16H,14H2,1-4H3,(H,28,31). The zero-order valence-corrected chi connectivity index (χ0v) is 19.5. The molecule has 1 unspecified atom stereocenters. The summed E-state index contributed by atoms with van der Waals surface area (Å²) in [7, 11) is 1.59.